The minimum absolute atomic E-state index is 0. The molecule has 0 atom stereocenters. The second-order valence-electron chi connectivity index (χ2n) is 3.57. The fourth-order valence-electron chi connectivity index (χ4n) is 1.88. The van der Waals surface area contributed by atoms with Crippen molar-refractivity contribution in [2.75, 3.05) is 31.1 Å². The highest BCUT2D eigenvalue weighted by atomic mass is 35.5. The maximum atomic E-state index is 4.33. The lowest BCUT2D eigenvalue weighted by atomic mass is 10.3. The summed E-state index contributed by atoms with van der Waals surface area (Å²) in [6.45, 7) is 3.97. The molecule has 2 N–H and O–H groups in total. The fourth-order valence-corrected chi connectivity index (χ4v) is 1.88. The van der Waals surface area contributed by atoms with Crippen molar-refractivity contribution in [2.45, 2.75) is 0 Å². The largest absolute Gasteiger partial charge is 0.353 e. The Bertz CT molecular complexity index is 464. The van der Waals surface area contributed by atoms with Gasteiger partial charge in [-0.2, -0.15) is 5.10 Å². The predicted octanol–water partition coefficient (Wildman–Crippen LogP) is 0.184. The van der Waals surface area contributed by atoms with Gasteiger partial charge in [-0.3, -0.25) is 5.10 Å². The van der Waals surface area contributed by atoms with Crippen molar-refractivity contribution < 1.29 is 0 Å². The van der Waals surface area contributed by atoms with Crippen LogP contribution in [-0.2, 0) is 0 Å². The molecule has 16 heavy (non-hydrogen) atoms. The first-order valence-corrected chi connectivity index (χ1v) is 5.05. The summed E-state index contributed by atoms with van der Waals surface area (Å²) >= 11 is 0. The van der Waals surface area contributed by atoms with E-state index >= 15 is 0 Å². The first-order valence-electron chi connectivity index (χ1n) is 5.05. The highest BCUT2D eigenvalue weighted by molar-refractivity contribution is 5.86. The summed E-state index contributed by atoms with van der Waals surface area (Å²) < 4.78 is 0. The van der Waals surface area contributed by atoms with E-state index in [4.69, 9.17) is 0 Å². The van der Waals surface area contributed by atoms with Gasteiger partial charge in [0.2, 0.25) is 0 Å². The first-order chi connectivity index (χ1) is 7.45. The van der Waals surface area contributed by atoms with Gasteiger partial charge in [0.15, 0.2) is 5.65 Å². The van der Waals surface area contributed by atoms with Gasteiger partial charge >= 0.3 is 0 Å². The van der Waals surface area contributed by atoms with Crippen LogP contribution in [-0.4, -0.2) is 46.3 Å². The Morgan fingerprint density at radius 3 is 2.81 bits per heavy atom. The van der Waals surface area contributed by atoms with Crippen molar-refractivity contribution in [2.24, 2.45) is 0 Å². The molecule has 0 spiro atoms. The van der Waals surface area contributed by atoms with Crippen molar-refractivity contribution in [3.8, 4) is 0 Å². The summed E-state index contributed by atoms with van der Waals surface area (Å²) in [7, 11) is 0. The molecule has 1 aliphatic rings. The van der Waals surface area contributed by atoms with Gasteiger partial charge in [-0.05, 0) is 0 Å². The number of fused-ring (bicyclic) bond motifs is 1. The summed E-state index contributed by atoms with van der Waals surface area (Å²) in [5.74, 6) is 0.982. The zero-order valence-corrected chi connectivity index (χ0v) is 9.50. The van der Waals surface area contributed by atoms with Gasteiger partial charge in [0.1, 0.15) is 12.1 Å². The predicted molar refractivity (Wildman–Crippen MR) is 64.0 cm³/mol. The molecule has 0 saturated carbocycles. The van der Waals surface area contributed by atoms with Crippen molar-refractivity contribution in [3.05, 3.63) is 12.5 Å². The fraction of sp³-hybridized carbons (Fsp3) is 0.444. The molecule has 1 saturated heterocycles. The molecule has 0 aliphatic carbocycles. The number of hydrogen-bond donors (Lipinski definition) is 2. The van der Waals surface area contributed by atoms with Crippen LogP contribution in [0, 0.1) is 0 Å². The van der Waals surface area contributed by atoms with Crippen LogP contribution < -0.4 is 10.2 Å². The number of H-pyrrole nitrogens is 1. The van der Waals surface area contributed by atoms with Crippen LogP contribution in [0.3, 0.4) is 0 Å². The van der Waals surface area contributed by atoms with Gasteiger partial charge in [0.25, 0.3) is 0 Å². The topological polar surface area (TPSA) is 69.7 Å². The van der Waals surface area contributed by atoms with Crippen molar-refractivity contribution >= 4 is 29.3 Å². The standard InChI is InChI=1S/C9H12N6.ClH/c1-3-15(4-2-10-1)9-7-5-13-14-8(7)11-6-12-9;/h5-6,10H,1-4H2,(H,11,12,13,14);1H. The maximum Gasteiger partial charge on any atom is 0.160 e. The van der Waals surface area contributed by atoms with E-state index in [1.54, 1.807) is 12.5 Å². The molecule has 7 heteroatoms. The monoisotopic (exact) mass is 240 g/mol. The number of rotatable bonds is 1. The zero-order valence-electron chi connectivity index (χ0n) is 8.68. The summed E-state index contributed by atoms with van der Waals surface area (Å²) in [5.41, 5.74) is 0.804. The van der Waals surface area contributed by atoms with E-state index in [0.29, 0.717) is 0 Å². The Balaban J connectivity index is 0.000000963. The molecular formula is C9H13ClN6. The quantitative estimate of drug-likeness (QED) is 0.745. The number of piperazine rings is 1. The molecule has 2 aromatic rings. The number of aromatic nitrogens is 4. The van der Waals surface area contributed by atoms with E-state index in [1.807, 2.05) is 0 Å². The Hall–Kier alpha value is -1.40. The minimum atomic E-state index is 0. The van der Waals surface area contributed by atoms with E-state index in [9.17, 15) is 0 Å². The van der Waals surface area contributed by atoms with Crippen molar-refractivity contribution in [1.82, 2.24) is 25.5 Å². The van der Waals surface area contributed by atoms with Crippen molar-refractivity contribution in [3.63, 3.8) is 0 Å². The number of halogens is 1. The number of nitrogens with zero attached hydrogens (tertiary/aromatic N) is 4. The van der Waals surface area contributed by atoms with Crippen LogP contribution in [0.1, 0.15) is 0 Å². The minimum Gasteiger partial charge on any atom is -0.353 e. The van der Waals surface area contributed by atoms with Crippen LogP contribution in [0.4, 0.5) is 5.82 Å². The van der Waals surface area contributed by atoms with Gasteiger partial charge in [-0.25, -0.2) is 9.97 Å². The highest BCUT2D eigenvalue weighted by Gasteiger charge is 2.15. The molecule has 0 aromatic carbocycles. The third kappa shape index (κ3) is 1.81. The molecular weight excluding hydrogens is 228 g/mol. The lowest BCUT2D eigenvalue weighted by Gasteiger charge is -2.28. The van der Waals surface area contributed by atoms with Gasteiger partial charge in [-0.1, -0.05) is 0 Å². The Morgan fingerprint density at radius 2 is 2.00 bits per heavy atom. The van der Waals surface area contributed by atoms with Crippen molar-refractivity contribution in [1.29, 1.82) is 0 Å². The van der Waals surface area contributed by atoms with E-state index in [1.165, 1.54) is 0 Å². The normalized spacial score (nSPS) is 16.1. The van der Waals surface area contributed by atoms with Gasteiger partial charge in [0, 0.05) is 26.2 Å². The summed E-state index contributed by atoms with van der Waals surface area (Å²) in [6.07, 6.45) is 3.37. The third-order valence-electron chi connectivity index (χ3n) is 2.64. The molecule has 3 heterocycles. The van der Waals surface area contributed by atoms with E-state index in [0.717, 1.165) is 43.0 Å². The number of hydrogen-bond acceptors (Lipinski definition) is 5. The van der Waals surface area contributed by atoms with Gasteiger partial charge < -0.3 is 10.2 Å². The van der Waals surface area contributed by atoms with E-state index < -0.39 is 0 Å². The summed E-state index contributed by atoms with van der Waals surface area (Å²) in [5, 5.41) is 11.2. The Morgan fingerprint density at radius 1 is 1.19 bits per heavy atom. The van der Waals surface area contributed by atoms with Crippen LogP contribution in [0.15, 0.2) is 12.5 Å². The summed E-state index contributed by atoms with van der Waals surface area (Å²) in [6, 6.07) is 0. The lowest BCUT2D eigenvalue weighted by molar-refractivity contribution is 0.586. The third-order valence-corrected chi connectivity index (χ3v) is 2.64. The van der Waals surface area contributed by atoms with E-state index in [-0.39, 0.29) is 12.4 Å². The molecule has 0 bridgehead atoms. The maximum absolute atomic E-state index is 4.33. The molecule has 2 aromatic heterocycles. The van der Waals surface area contributed by atoms with Gasteiger partial charge in [-0.15, -0.1) is 12.4 Å². The molecule has 3 rings (SSSR count). The number of anilines is 1. The second kappa shape index (κ2) is 4.63. The van der Waals surface area contributed by atoms with Crippen LogP contribution >= 0.6 is 12.4 Å². The number of nitrogens with one attached hydrogen (secondary N) is 2. The molecule has 1 fully saturated rings. The zero-order chi connectivity index (χ0) is 10.1. The van der Waals surface area contributed by atoms with Gasteiger partial charge in [0.05, 0.1) is 11.6 Å². The number of aromatic amines is 1. The molecule has 0 radical (unpaired) electrons. The SMILES string of the molecule is Cl.c1nc(N2CCNCC2)c2cn[nH]c2n1. The first kappa shape index (κ1) is 11.1. The van der Waals surface area contributed by atoms with Crippen LogP contribution in [0.5, 0.6) is 0 Å². The summed E-state index contributed by atoms with van der Waals surface area (Å²) in [4.78, 5) is 10.7. The average Bonchev–Trinajstić information content (AvgIpc) is 2.78. The second-order valence-corrected chi connectivity index (χ2v) is 3.57. The van der Waals surface area contributed by atoms with Crippen LogP contribution in [0.2, 0.25) is 0 Å². The Labute approximate surface area is 98.9 Å². The molecule has 1 aliphatic heterocycles. The van der Waals surface area contributed by atoms with Crippen LogP contribution in [0.25, 0.3) is 11.0 Å². The molecule has 86 valence electrons. The molecule has 0 amide bonds. The molecule has 6 nitrogen and oxygen atoms in total. The highest BCUT2D eigenvalue weighted by Crippen LogP contribution is 2.20. The smallest absolute Gasteiger partial charge is 0.160 e. The molecule has 0 unspecified atom stereocenters. The lowest BCUT2D eigenvalue weighted by Crippen LogP contribution is -2.43. The van der Waals surface area contributed by atoms with E-state index in [2.05, 4.69) is 30.4 Å². The Kier molecular flexibility index (Phi) is 3.21. The average molecular weight is 241 g/mol.